The predicted molar refractivity (Wildman–Crippen MR) is 108 cm³/mol. The molecule has 28 heavy (non-hydrogen) atoms. The van der Waals surface area contributed by atoms with Gasteiger partial charge < -0.3 is 14.5 Å². The van der Waals surface area contributed by atoms with Gasteiger partial charge in [0.2, 0.25) is 0 Å². The second-order valence-corrected chi connectivity index (χ2v) is 8.60. The van der Waals surface area contributed by atoms with E-state index in [1.165, 1.54) is 5.56 Å². The fraction of sp³-hybridized carbons (Fsp3) is 0.652. The molecule has 0 bridgehead atoms. The number of hydrogen-bond donors (Lipinski definition) is 0. The van der Waals surface area contributed by atoms with Gasteiger partial charge in [-0.2, -0.15) is 0 Å². The van der Waals surface area contributed by atoms with Crippen molar-refractivity contribution in [1.82, 2.24) is 9.80 Å². The topological polar surface area (TPSA) is 49.9 Å². The summed E-state index contributed by atoms with van der Waals surface area (Å²) in [6.07, 6.45) is 7.53. The molecule has 3 saturated heterocycles. The van der Waals surface area contributed by atoms with Gasteiger partial charge in [-0.1, -0.05) is 25.5 Å². The third kappa shape index (κ3) is 3.95. The Morgan fingerprint density at radius 2 is 1.68 bits per heavy atom. The largest absolute Gasteiger partial charge is 0.362 e. The van der Waals surface area contributed by atoms with E-state index in [1.54, 1.807) is 0 Å². The molecular weight excluding hydrogens is 352 g/mol. The van der Waals surface area contributed by atoms with Gasteiger partial charge in [0.25, 0.3) is 11.8 Å². The van der Waals surface area contributed by atoms with E-state index in [-0.39, 0.29) is 23.5 Å². The first kappa shape index (κ1) is 19.4. The lowest BCUT2D eigenvalue weighted by molar-refractivity contribution is -0.149. The first-order valence-electron chi connectivity index (χ1n) is 10.9. The highest BCUT2D eigenvalue weighted by molar-refractivity contribution is 5.94. The Balaban J connectivity index is 1.31. The zero-order valence-corrected chi connectivity index (χ0v) is 17.0. The second kappa shape index (κ2) is 8.24. The highest BCUT2D eigenvalue weighted by Crippen LogP contribution is 2.40. The average molecular weight is 385 g/mol. The fourth-order valence-electron chi connectivity index (χ4n) is 4.90. The van der Waals surface area contributed by atoms with E-state index in [9.17, 15) is 9.59 Å². The van der Waals surface area contributed by atoms with E-state index in [0.29, 0.717) is 13.1 Å². The van der Waals surface area contributed by atoms with Crippen LogP contribution in [0.15, 0.2) is 24.3 Å². The minimum Gasteiger partial charge on any atom is -0.362 e. The van der Waals surface area contributed by atoms with Crippen molar-refractivity contribution in [3.63, 3.8) is 0 Å². The van der Waals surface area contributed by atoms with Crippen molar-refractivity contribution in [1.29, 1.82) is 0 Å². The minimum atomic E-state index is -0.272. The van der Waals surface area contributed by atoms with Crippen molar-refractivity contribution in [2.24, 2.45) is 0 Å². The normalized spacial score (nSPS) is 24.1. The summed E-state index contributed by atoms with van der Waals surface area (Å²) in [4.78, 5) is 29.4. The summed E-state index contributed by atoms with van der Waals surface area (Å²) in [6.45, 7) is 5.34. The van der Waals surface area contributed by atoms with Gasteiger partial charge in [0.05, 0.1) is 5.60 Å². The zero-order valence-electron chi connectivity index (χ0n) is 17.0. The maximum atomic E-state index is 12.8. The number of aryl methyl sites for hydroxylation is 1. The Morgan fingerprint density at radius 3 is 2.32 bits per heavy atom. The quantitative estimate of drug-likeness (QED) is 0.799. The van der Waals surface area contributed by atoms with Crippen molar-refractivity contribution in [3.05, 3.63) is 35.4 Å². The van der Waals surface area contributed by atoms with Crippen LogP contribution in [0, 0.1) is 0 Å². The van der Waals surface area contributed by atoms with Crippen LogP contribution in [0.5, 0.6) is 0 Å². The van der Waals surface area contributed by atoms with Crippen molar-refractivity contribution < 1.29 is 14.3 Å². The molecule has 2 amide bonds. The first-order valence-corrected chi connectivity index (χ1v) is 10.9. The molecule has 0 radical (unpaired) electrons. The molecule has 3 aliphatic rings. The van der Waals surface area contributed by atoms with Gasteiger partial charge >= 0.3 is 0 Å². The van der Waals surface area contributed by atoms with Crippen molar-refractivity contribution in [2.75, 3.05) is 26.2 Å². The molecule has 0 N–H and O–H groups in total. The first-order chi connectivity index (χ1) is 13.6. The molecule has 4 rings (SSSR count). The monoisotopic (exact) mass is 384 g/mol. The molecule has 1 unspecified atom stereocenters. The Bertz CT molecular complexity index is 701. The van der Waals surface area contributed by atoms with E-state index in [0.717, 1.165) is 70.0 Å². The lowest BCUT2D eigenvalue weighted by Crippen LogP contribution is -2.47. The fourth-order valence-corrected chi connectivity index (χ4v) is 4.90. The standard InChI is InChI=1S/C23H32N2O3/c1-2-5-18-6-8-19(9-7-18)21(26)25-16-12-23(13-17-25)11-10-20(28-23)22(27)24-14-3-4-15-24/h6-9,20H,2-5,10-17H2,1H3. The van der Waals surface area contributed by atoms with Crippen LogP contribution in [0.1, 0.15) is 67.8 Å². The SMILES string of the molecule is CCCc1ccc(C(=O)N2CCC3(CCC(C(=O)N4CCCC4)O3)CC2)cc1. The van der Waals surface area contributed by atoms with Crippen LogP contribution < -0.4 is 0 Å². The van der Waals surface area contributed by atoms with Gasteiger partial charge in [0.1, 0.15) is 6.10 Å². The summed E-state index contributed by atoms with van der Waals surface area (Å²) in [6, 6.07) is 8.04. The number of piperidine rings is 1. The Kier molecular flexibility index (Phi) is 5.72. The third-order valence-corrected chi connectivity index (χ3v) is 6.65. The van der Waals surface area contributed by atoms with Gasteiger partial charge in [-0.3, -0.25) is 9.59 Å². The van der Waals surface area contributed by atoms with E-state index in [2.05, 4.69) is 19.1 Å². The van der Waals surface area contributed by atoms with Crippen LogP contribution in [0.3, 0.4) is 0 Å². The molecule has 3 aliphatic heterocycles. The van der Waals surface area contributed by atoms with E-state index in [1.807, 2.05) is 21.9 Å². The number of carbonyl (C=O) groups excluding carboxylic acids is 2. The van der Waals surface area contributed by atoms with Crippen LogP contribution in [0.4, 0.5) is 0 Å². The number of likely N-dealkylation sites (tertiary alicyclic amines) is 2. The molecule has 5 nitrogen and oxygen atoms in total. The van der Waals surface area contributed by atoms with Gasteiger partial charge in [-0.15, -0.1) is 0 Å². The number of amides is 2. The van der Waals surface area contributed by atoms with Crippen molar-refractivity contribution >= 4 is 11.8 Å². The molecule has 0 aliphatic carbocycles. The molecule has 5 heteroatoms. The average Bonchev–Trinajstić information content (AvgIpc) is 3.39. The molecule has 152 valence electrons. The Hall–Kier alpha value is -1.88. The molecule has 1 atom stereocenters. The van der Waals surface area contributed by atoms with Crippen LogP contribution in [0.2, 0.25) is 0 Å². The Labute approximate surface area is 168 Å². The summed E-state index contributed by atoms with van der Waals surface area (Å²) in [5.74, 6) is 0.292. The number of nitrogens with zero attached hydrogens (tertiary/aromatic N) is 2. The molecule has 3 heterocycles. The summed E-state index contributed by atoms with van der Waals surface area (Å²) < 4.78 is 6.31. The molecule has 1 aromatic carbocycles. The van der Waals surface area contributed by atoms with Gasteiger partial charge in [0.15, 0.2) is 0 Å². The van der Waals surface area contributed by atoms with Crippen LogP contribution in [-0.4, -0.2) is 59.5 Å². The number of rotatable bonds is 4. The number of hydrogen-bond acceptors (Lipinski definition) is 3. The van der Waals surface area contributed by atoms with Gasteiger partial charge in [-0.25, -0.2) is 0 Å². The molecule has 0 aromatic heterocycles. The number of ether oxygens (including phenoxy) is 1. The van der Waals surface area contributed by atoms with Gasteiger partial charge in [-0.05, 0) is 62.6 Å². The highest BCUT2D eigenvalue weighted by Gasteiger charge is 2.46. The van der Waals surface area contributed by atoms with Crippen LogP contribution in [-0.2, 0) is 16.0 Å². The Morgan fingerprint density at radius 1 is 1.00 bits per heavy atom. The van der Waals surface area contributed by atoms with Crippen LogP contribution >= 0.6 is 0 Å². The third-order valence-electron chi connectivity index (χ3n) is 6.65. The van der Waals surface area contributed by atoms with E-state index >= 15 is 0 Å². The maximum absolute atomic E-state index is 12.8. The lowest BCUT2D eigenvalue weighted by Gasteiger charge is -2.39. The van der Waals surface area contributed by atoms with Crippen LogP contribution in [0.25, 0.3) is 0 Å². The molecule has 0 saturated carbocycles. The summed E-state index contributed by atoms with van der Waals surface area (Å²) in [5, 5.41) is 0. The number of benzene rings is 1. The van der Waals surface area contributed by atoms with Gasteiger partial charge in [0, 0.05) is 31.7 Å². The summed E-state index contributed by atoms with van der Waals surface area (Å²) >= 11 is 0. The highest BCUT2D eigenvalue weighted by atomic mass is 16.5. The van der Waals surface area contributed by atoms with E-state index < -0.39 is 0 Å². The lowest BCUT2D eigenvalue weighted by atomic mass is 9.88. The molecule has 1 aromatic rings. The van der Waals surface area contributed by atoms with Crippen molar-refractivity contribution in [3.8, 4) is 0 Å². The molecular formula is C23H32N2O3. The summed E-state index contributed by atoms with van der Waals surface area (Å²) in [5.41, 5.74) is 1.84. The minimum absolute atomic E-state index is 0.112. The van der Waals surface area contributed by atoms with Crippen molar-refractivity contribution in [2.45, 2.75) is 70.0 Å². The van der Waals surface area contributed by atoms with E-state index in [4.69, 9.17) is 4.74 Å². The zero-order chi connectivity index (χ0) is 19.6. The second-order valence-electron chi connectivity index (χ2n) is 8.60. The smallest absolute Gasteiger partial charge is 0.253 e. The predicted octanol–water partition coefficient (Wildman–Crippen LogP) is 3.42. The summed E-state index contributed by atoms with van der Waals surface area (Å²) in [7, 11) is 0. The molecule has 3 fully saturated rings. The molecule has 1 spiro atoms. The number of carbonyl (C=O) groups is 2. The maximum Gasteiger partial charge on any atom is 0.253 e.